The van der Waals surface area contributed by atoms with Gasteiger partial charge in [0.25, 0.3) is 5.89 Å². The Morgan fingerprint density at radius 3 is 2.92 bits per heavy atom. The minimum Gasteiger partial charge on any atom is -0.382 e. The van der Waals surface area contributed by atoms with Gasteiger partial charge in [-0.25, -0.2) is 0 Å². The molecule has 0 aliphatic heterocycles. The Hall–Kier alpha value is -3.26. The fourth-order valence-corrected chi connectivity index (χ4v) is 2.53. The number of rotatable bonds is 3. The largest absolute Gasteiger partial charge is 0.382 e. The van der Waals surface area contributed by atoms with Crippen LogP contribution in [0, 0.1) is 6.92 Å². The Bertz CT molecular complexity index is 1040. The number of anilines is 1. The third kappa shape index (κ3) is 2.72. The molecule has 3 aromatic heterocycles. The number of nitrogen functional groups attached to an aromatic ring is 1. The predicted octanol–water partition coefficient (Wildman–Crippen LogP) is 2.92. The third-order valence-corrected chi connectivity index (χ3v) is 3.89. The Labute approximate surface area is 147 Å². The summed E-state index contributed by atoms with van der Waals surface area (Å²) < 4.78 is 6.77. The van der Waals surface area contributed by atoms with Gasteiger partial charge in [-0.1, -0.05) is 28.0 Å². The minimum absolute atomic E-state index is 0.183. The van der Waals surface area contributed by atoms with Crippen LogP contribution >= 0.6 is 11.6 Å². The fourth-order valence-electron chi connectivity index (χ4n) is 2.36. The van der Waals surface area contributed by atoms with Crippen LogP contribution in [0.25, 0.3) is 28.7 Å². The molecule has 0 saturated heterocycles. The van der Waals surface area contributed by atoms with Gasteiger partial charge in [-0.15, -0.1) is 5.10 Å². The van der Waals surface area contributed by atoms with Gasteiger partial charge in [0.15, 0.2) is 11.5 Å². The highest BCUT2D eigenvalue weighted by molar-refractivity contribution is 6.30. The van der Waals surface area contributed by atoms with E-state index >= 15 is 0 Å². The van der Waals surface area contributed by atoms with Crippen molar-refractivity contribution >= 4 is 17.4 Å². The molecule has 4 aromatic rings. The van der Waals surface area contributed by atoms with Gasteiger partial charge in [-0.2, -0.15) is 9.67 Å². The lowest BCUT2D eigenvalue weighted by molar-refractivity contribution is 0.431. The molecule has 3 heterocycles. The van der Waals surface area contributed by atoms with Crippen molar-refractivity contribution in [3.8, 4) is 28.7 Å². The Morgan fingerprint density at radius 1 is 1.24 bits per heavy atom. The first-order chi connectivity index (χ1) is 12.1. The lowest BCUT2D eigenvalue weighted by atomic mass is 10.2. The summed E-state index contributed by atoms with van der Waals surface area (Å²) in [4.78, 5) is 8.35. The average Bonchev–Trinajstić information content (AvgIpc) is 3.25. The van der Waals surface area contributed by atoms with Crippen LogP contribution in [-0.4, -0.2) is 30.1 Å². The number of hydrogen-bond donors (Lipinski definition) is 1. The quantitative estimate of drug-likeness (QED) is 0.603. The molecule has 0 aliphatic rings. The number of nitrogens with zero attached hydrogens (tertiary/aromatic N) is 6. The number of nitrogens with two attached hydrogens (primary N) is 1. The zero-order chi connectivity index (χ0) is 17.4. The van der Waals surface area contributed by atoms with E-state index < -0.39 is 0 Å². The molecule has 8 nitrogen and oxygen atoms in total. The second-order valence-corrected chi connectivity index (χ2v) is 5.77. The first-order valence-corrected chi connectivity index (χ1v) is 7.73. The van der Waals surface area contributed by atoms with Crippen LogP contribution in [0.15, 0.2) is 47.2 Å². The second-order valence-electron chi connectivity index (χ2n) is 5.33. The third-order valence-electron chi connectivity index (χ3n) is 3.65. The normalized spacial score (nSPS) is 11.0. The summed E-state index contributed by atoms with van der Waals surface area (Å²) in [6, 6.07) is 9.06. The molecule has 0 aliphatic carbocycles. The number of aromatic nitrogens is 6. The fraction of sp³-hybridized carbons (Fsp3) is 0.0625. The SMILES string of the molecule is Cc1ccc(Cl)cc1-n1nnc(-c2nc(-c3cccnc3)no2)c1N. The molecule has 0 fully saturated rings. The van der Waals surface area contributed by atoms with Crippen LogP contribution in [0.1, 0.15) is 5.56 Å². The summed E-state index contributed by atoms with van der Waals surface area (Å²) in [5.74, 6) is 0.866. The van der Waals surface area contributed by atoms with E-state index in [9.17, 15) is 0 Å². The van der Waals surface area contributed by atoms with E-state index in [2.05, 4.69) is 25.4 Å². The van der Waals surface area contributed by atoms with Crippen molar-refractivity contribution in [1.82, 2.24) is 30.1 Å². The maximum Gasteiger partial charge on any atom is 0.282 e. The summed E-state index contributed by atoms with van der Waals surface area (Å²) in [6.45, 7) is 1.93. The molecule has 0 bridgehead atoms. The van der Waals surface area contributed by atoms with Crippen molar-refractivity contribution in [2.45, 2.75) is 6.92 Å². The van der Waals surface area contributed by atoms with Gasteiger partial charge in [0.05, 0.1) is 5.69 Å². The monoisotopic (exact) mass is 353 g/mol. The molecule has 0 atom stereocenters. The molecule has 0 unspecified atom stereocenters. The highest BCUT2D eigenvalue weighted by atomic mass is 35.5. The average molecular weight is 354 g/mol. The Kier molecular flexibility index (Phi) is 3.66. The lowest BCUT2D eigenvalue weighted by Gasteiger charge is -2.07. The van der Waals surface area contributed by atoms with Crippen molar-refractivity contribution in [1.29, 1.82) is 0 Å². The smallest absolute Gasteiger partial charge is 0.282 e. The zero-order valence-electron chi connectivity index (χ0n) is 13.1. The van der Waals surface area contributed by atoms with Gasteiger partial charge in [0, 0.05) is 23.0 Å². The number of pyridine rings is 1. The number of aryl methyl sites for hydroxylation is 1. The van der Waals surface area contributed by atoms with E-state index in [4.69, 9.17) is 21.9 Å². The summed E-state index contributed by atoms with van der Waals surface area (Å²) in [5.41, 5.74) is 8.91. The molecule has 0 spiro atoms. The Morgan fingerprint density at radius 2 is 2.12 bits per heavy atom. The molecular weight excluding hydrogens is 342 g/mol. The van der Waals surface area contributed by atoms with Crippen LogP contribution in [-0.2, 0) is 0 Å². The summed E-state index contributed by atoms with van der Waals surface area (Å²) >= 11 is 6.06. The van der Waals surface area contributed by atoms with Gasteiger partial charge in [0.1, 0.15) is 0 Å². The van der Waals surface area contributed by atoms with Gasteiger partial charge in [0.2, 0.25) is 5.82 Å². The molecule has 2 N–H and O–H groups in total. The minimum atomic E-state index is 0.183. The molecule has 0 saturated carbocycles. The van der Waals surface area contributed by atoms with Crippen molar-refractivity contribution in [2.75, 3.05) is 5.73 Å². The Balaban J connectivity index is 1.75. The van der Waals surface area contributed by atoms with Gasteiger partial charge in [-0.05, 0) is 36.8 Å². The van der Waals surface area contributed by atoms with E-state index in [0.717, 1.165) is 16.8 Å². The van der Waals surface area contributed by atoms with Crippen molar-refractivity contribution in [2.24, 2.45) is 0 Å². The molecule has 4 rings (SSSR count). The van der Waals surface area contributed by atoms with Crippen molar-refractivity contribution in [3.05, 3.63) is 53.3 Å². The molecule has 25 heavy (non-hydrogen) atoms. The van der Waals surface area contributed by atoms with Gasteiger partial charge >= 0.3 is 0 Å². The first kappa shape index (κ1) is 15.3. The number of halogens is 1. The molecule has 0 amide bonds. The summed E-state index contributed by atoms with van der Waals surface area (Å²) in [5, 5.41) is 12.7. The maximum atomic E-state index is 6.19. The van der Waals surface area contributed by atoms with Gasteiger partial charge < -0.3 is 10.3 Å². The highest BCUT2D eigenvalue weighted by Gasteiger charge is 2.20. The van der Waals surface area contributed by atoms with Crippen molar-refractivity contribution < 1.29 is 4.52 Å². The molecule has 9 heteroatoms. The highest BCUT2D eigenvalue weighted by Crippen LogP contribution is 2.28. The number of benzene rings is 1. The van der Waals surface area contributed by atoms with Crippen LogP contribution in [0.3, 0.4) is 0 Å². The van der Waals surface area contributed by atoms with Gasteiger partial charge in [-0.3, -0.25) is 4.98 Å². The van der Waals surface area contributed by atoms with Crippen LogP contribution in [0.2, 0.25) is 5.02 Å². The topological polar surface area (TPSA) is 109 Å². The van der Waals surface area contributed by atoms with E-state index in [1.807, 2.05) is 19.1 Å². The van der Waals surface area contributed by atoms with E-state index in [-0.39, 0.29) is 11.7 Å². The molecule has 124 valence electrons. The molecule has 0 radical (unpaired) electrons. The summed E-state index contributed by atoms with van der Waals surface area (Å²) in [7, 11) is 0. The maximum absolute atomic E-state index is 6.19. The first-order valence-electron chi connectivity index (χ1n) is 7.35. The summed E-state index contributed by atoms with van der Waals surface area (Å²) in [6.07, 6.45) is 3.31. The van der Waals surface area contributed by atoms with Crippen LogP contribution in [0.5, 0.6) is 0 Å². The lowest BCUT2D eigenvalue weighted by Crippen LogP contribution is -2.04. The number of hydrogen-bond acceptors (Lipinski definition) is 7. The standard InChI is InChI=1S/C16H12ClN7O/c1-9-4-5-11(17)7-12(9)24-14(18)13(21-23-24)16-20-15(22-25-16)10-3-2-6-19-8-10/h2-8H,18H2,1H3. The van der Waals surface area contributed by atoms with E-state index in [1.54, 1.807) is 30.6 Å². The van der Waals surface area contributed by atoms with E-state index in [1.165, 1.54) is 4.68 Å². The predicted molar refractivity (Wildman–Crippen MR) is 92.0 cm³/mol. The second kappa shape index (κ2) is 5.99. The van der Waals surface area contributed by atoms with E-state index in [0.29, 0.717) is 16.5 Å². The molecular formula is C16H12ClN7O. The molecule has 1 aromatic carbocycles. The van der Waals surface area contributed by atoms with Crippen LogP contribution < -0.4 is 5.73 Å². The zero-order valence-corrected chi connectivity index (χ0v) is 13.8. The van der Waals surface area contributed by atoms with Crippen molar-refractivity contribution in [3.63, 3.8) is 0 Å². The van der Waals surface area contributed by atoms with Crippen LogP contribution in [0.4, 0.5) is 5.82 Å².